The molecule has 0 bridgehead atoms. The smallest absolute Gasteiger partial charge is 0.313 e. The normalized spacial score (nSPS) is 38.2. The number of fused-ring (bicyclic) bond motifs is 1. The zero-order valence-electron chi connectivity index (χ0n) is 13.9. The molecule has 2 rings (SSSR count). The third-order valence-corrected chi connectivity index (χ3v) is 5.87. The monoisotopic (exact) mass is 296 g/mol. The highest BCUT2D eigenvalue weighted by Gasteiger charge is 2.58. The molecule has 2 aliphatic carbocycles. The molecule has 0 heterocycles. The Morgan fingerprint density at radius 2 is 1.76 bits per heavy atom. The maximum absolute atomic E-state index is 12.4. The minimum absolute atomic E-state index is 0.146. The molecule has 2 aliphatic rings. The van der Waals surface area contributed by atoms with E-state index in [1.165, 1.54) is 20.5 Å². The molecule has 120 valence electrons. The second kappa shape index (κ2) is 5.62. The van der Waals surface area contributed by atoms with Crippen molar-refractivity contribution in [3.8, 4) is 0 Å². The van der Waals surface area contributed by atoms with Crippen molar-refractivity contribution >= 4 is 11.9 Å². The van der Waals surface area contributed by atoms with Crippen molar-refractivity contribution in [1.82, 2.24) is 0 Å². The molecular weight excluding hydrogens is 268 g/mol. The van der Waals surface area contributed by atoms with E-state index in [4.69, 9.17) is 9.47 Å². The SMILES string of the molecule is COC(=O)[C@@H]1[C@@H](OC(C)=O)CCC2C(C)(C)CCC[C@]21C. The fraction of sp³-hybridized carbons (Fsp3) is 0.882. The number of carbonyl (C=O) groups is 2. The van der Waals surface area contributed by atoms with Gasteiger partial charge in [-0.05, 0) is 42.4 Å². The van der Waals surface area contributed by atoms with Crippen molar-refractivity contribution in [2.24, 2.45) is 22.7 Å². The Balaban J connectivity index is 2.37. The van der Waals surface area contributed by atoms with E-state index in [9.17, 15) is 9.59 Å². The summed E-state index contributed by atoms with van der Waals surface area (Å²) in [6.45, 7) is 8.20. The van der Waals surface area contributed by atoms with Crippen LogP contribution in [0.25, 0.3) is 0 Å². The number of carbonyl (C=O) groups excluding carboxylic acids is 2. The molecule has 0 radical (unpaired) electrons. The molecule has 0 aliphatic heterocycles. The Bertz CT molecular complexity index is 429. The lowest BCUT2D eigenvalue weighted by Gasteiger charge is -2.57. The van der Waals surface area contributed by atoms with Crippen LogP contribution in [0.15, 0.2) is 0 Å². The van der Waals surface area contributed by atoms with E-state index in [1.54, 1.807) is 0 Å². The van der Waals surface area contributed by atoms with E-state index in [0.29, 0.717) is 5.92 Å². The Hall–Kier alpha value is -1.06. The summed E-state index contributed by atoms with van der Waals surface area (Å²) in [6.07, 6.45) is 4.72. The van der Waals surface area contributed by atoms with Crippen molar-refractivity contribution in [2.75, 3.05) is 7.11 Å². The van der Waals surface area contributed by atoms with Crippen LogP contribution in [0.5, 0.6) is 0 Å². The van der Waals surface area contributed by atoms with Gasteiger partial charge in [-0.3, -0.25) is 9.59 Å². The van der Waals surface area contributed by atoms with Crippen LogP contribution in [0.4, 0.5) is 0 Å². The van der Waals surface area contributed by atoms with E-state index >= 15 is 0 Å². The third-order valence-electron chi connectivity index (χ3n) is 5.87. The van der Waals surface area contributed by atoms with Crippen molar-refractivity contribution in [3.63, 3.8) is 0 Å². The van der Waals surface area contributed by atoms with E-state index < -0.39 is 0 Å². The molecule has 0 amide bonds. The quantitative estimate of drug-likeness (QED) is 0.733. The van der Waals surface area contributed by atoms with E-state index in [-0.39, 0.29) is 34.8 Å². The molecule has 2 fully saturated rings. The van der Waals surface area contributed by atoms with Gasteiger partial charge in [0.05, 0.1) is 13.0 Å². The highest BCUT2D eigenvalue weighted by Crippen LogP contribution is 2.60. The molecule has 21 heavy (non-hydrogen) atoms. The van der Waals surface area contributed by atoms with Gasteiger partial charge < -0.3 is 9.47 Å². The summed E-state index contributed by atoms with van der Waals surface area (Å²) in [5, 5.41) is 0. The zero-order valence-corrected chi connectivity index (χ0v) is 13.9. The third kappa shape index (κ3) is 2.82. The van der Waals surface area contributed by atoms with Crippen LogP contribution in [0.1, 0.15) is 59.8 Å². The first-order chi connectivity index (χ1) is 9.72. The maximum atomic E-state index is 12.4. The van der Waals surface area contributed by atoms with Crippen LogP contribution < -0.4 is 0 Å². The Kier molecular flexibility index (Phi) is 4.36. The Labute approximate surface area is 127 Å². The molecule has 0 saturated heterocycles. The van der Waals surface area contributed by atoms with Gasteiger partial charge in [0.1, 0.15) is 6.10 Å². The van der Waals surface area contributed by atoms with Crippen LogP contribution in [-0.2, 0) is 19.1 Å². The minimum atomic E-state index is -0.343. The summed E-state index contributed by atoms with van der Waals surface area (Å²) in [6, 6.07) is 0. The van der Waals surface area contributed by atoms with Gasteiger partial charge in [0.15, 0.2) is 0 Å². The Morgan fingerprint density at radius 1 is 1.10 bits per heavy atom. The minimum Gasteiger partial charge on any atom is -0.469 e. The van der Waals surface area contributed by atoms with Crippen LogP contribution >= 0.6 is 0 Å². The van der Waals surface area contributed by atoms with Crippen LogP contribution in [0.3, 0.4) is 0 Å². The average molecular weight is 296 g/mol. The molecular formula is C17H28O4. The number of hydrogen-bond donors (Lipinski definition) is 0. The maximum Gasteiger partial charge on any atom is 0.313 e. The summed E-state index contributed by atoms with van der Waals surface area (Å²) in [5.41, 5.74) is 0.0771. The van der Waals surface area contributed by atoms with Gasteiger partial charge in [0.2, 0.25) is 0 Å². The predicted molar refractivity (Wildman–Crippen MR) is 79.5 cm³/mol. The van der Waals surface area contributed by atoms with Gasteiger partial charge in [-0.1, -0.05) is 27.2 Å². The highest BCUT2D eigenvalue weighted by molar-refractivity contribution is 5.75. The topological polar surface area (TPSA) is 52.6 Å². The second-order valence-corrected chi connectivity index (χ2v) is 7.63. The number of hydrogen-bond acceptors (Lipinski definition) is 4. The van der Waals surface area contributed by atoms with E-state index in [1.807, 2.05) is 0 Å². The fourth-order valence-electron chi connectivity index (χ4n) is 5.07. The van der Waals surface area contributed by atoms with Gasteiger partial charge in [0, 0.05) is 6.92 Å². The van der Waals surface area contributed by atoms with Gasteiger partial charge >= 0.3 is 11.9 Å². The van der Waals surface area contributed by atoms with Gasteiger partial charge in [0.25, 0.3) is 0 Å². The summed E-state index contributed by atoms with van der Waals surface area (Å²) < 4.78 is 10.5. The Morgan fingerprint density at radius 3 is 2.33 bits per heavy atom. The van der Waals surface area contributed by atoms with Gasteiger partial charge in [-0.15, -0.1) is 0 Å². The largest absolute Gasteiger partial charge is 0.469 e. The lowest BCUT2D eigenvalue weighted by atomic mass is 9.48. The number of rotatable bonds is 2. The standard InChI is InChI=1S/C17H28O4/c1-11(18)21-12-7-8-13-16(2,3)9-6-10-17(13,4)14(12)15(19)20-5/h12-14H,6-10H2,1-5H3/t12-,13?,14-,17+/m0/s1. The van der Waals surface area contributed by atoms with Crippen molar-refractivity contribution in [2.45, 2.75) is 65.9 Å². The van der Waals surface area contributed by atoms with Crippen LogP contribution in [0, 0.1) is 22.7 Å². The number of methoxy groups -OCH3 is 1. The van der Waals surface area contributed by atoms with Gasteiger partial charge in [-0.25, -0.2) is 0 Å². The average Bonchev–Trinajstić information content (AvgIpc) is 2.35. The first kappa shape index (κ1) is 16.3. The molecule has 1 unspecified atom stereocenters. The number of esters is 2. The summed E-state index contributed by atoms with van der Waals surface area (Å²) in [5.74, 6) is -0.420. The van der Waals surface area contributed by atoms with Crippen molar-refractivity contribution < 1.29 is 19.1 Å². The van der Waals surface area contributed by atoms with Crippen molar-refractivity contribution in [1.29, 1.82) is 0 Å². The molecule has 0 aromatic heterocycles. The lowest BCUT2D eigenvalue weighted by molar-refractivity contribution is -0.186. The molecule has 0 spiro atoms. The van der Waals surface area contributed by atoms with E-state index in [0.717, 1.165) is 25.7 Å². The molecule has 4 heteroatoms. The summed E-state index contributed by atoms with van der Waals surface area (Å²) >= 11 is 0. The highest BCUT2D eigenvalue weighted by atomic mass is 16.6. The molecule has 0 aromatic rings. The summed E-state index contributed by atoms with van der Waals surface area (Å²) in [4.78, 5) is 23.8. The number of ether oxygens (including phenoxy) is 2. The van der Waals surface area contributed by atoms with E-state index in [2.05, 4.69) is 20.8 Å². The van der Waals surface area contributed by atoms with Crippen LogP contribution in [0.2, 0.25) is 0 Å². The van der Waals surface area contributed by atoms with Gasteiger partial charge in [-0.2, -0.15) is 0 Å². The zero-order chi connectivity index (χ0) is 15.8. The molecule has 0 aromatic carbocycles. The summed E-state index contributed by atoms with van der Waals surface area (Å²) in [7, 11) is 1.42. The molecule has 2 saturated carbocycles. The first-order valence-electron chi connectivity index (χ1n) is 7.97. The predicted octanol–water partition coefficient (Wildman–Crippen LogP) is 3.33. The molecule has 0 N–H and O–H groups in total. The molecule has 4 nitrogen and oxygen atoms in total. The van der Waals surface area contributed by atoms with Crippen molar-refractivity contribution in [3.05, 3.63) is 0 Å². The lowest BCUT2D eigenvalue weighted by Crippen LogP contribution is -2.56. The van der Waals surface area contributed by atoms with Crippen LogP contribution in [-0.4, -0.2) is 25.2 Å². The fourth-order valence-corrected chi connectivity index (χ4v) is 5.07. The second-order valence-electron chi connectivity index (χ2n) is 7.63. The first-order valence-corrected chi connectivity index (χ1v) is 7.97. The molecule has 4 atom stereocenters.